The Bertz CT molecular complexity index is 476. The topological polar surface area (TPSA) is 54.7 Å². The molecular formula is C11H14FN3. The number of nitrogens with one attached hydrogen (secondary N) is 1. The van der Waals surface area contributed by atoms with E-state index in [0.29, 0.717) is 11.4 Å². The van der Waals surface area contributed by atoms with Crippen molar-refractivity contribution in [3.05, 3.63) is 29.7 Å². The summed E-state index contributed by atoms with van der Waals surface area (Å²) in [7, 11) is 0. The maximum absolute atomic E-state index is 12.9. The number of aromatic nitrogens is 2. The normalized spacial score (nSPS) is 13.7. The fraction of sp³-hybridized carbons (Fsp3) is 0.364. The van der Waals surface area contributed by atoms with E-state index in [-0.39, 0.29) is 11.9 Å². The molecule has 0 bridgehead atoms. The summed E-state index contributed by atoms with van der Waals surface area (Å²) in [6.45, 7) is 4.09. The van der Waals surface area contributed by atoms with Gasteiger partial charge < -0.3 is 5.73 Å². The minimum atomic E-state index is -0.279. The van der Waals surface area contributed by atoms with Gasteiger partial charge >= 0.3 is 0 Å². The van der Waals surface area contributed by atoms with Crippen LogP contribution in [-0.2, 0) is 0 Å². The number of fused-ring (bicyclic) bond motifs is 1. The molecule has 0 radical (unpaired) electrons. The lowest BCUT2D eigenvalue weighted by Crippen LogP contribution is -2.17. The molecule has 2 rings (SSSR count). The lowest BCUT2D eigenvalue weighted by atomic mass is 9.99. The first kappa shape index (κ1) is 10.1. The van der Waals surface area contributed by atoms with Crippen LogP contribution in [0.4, 0.5) is 4.39 Å². The Labute approximate surface area is 87.5 Å². The fourth-order valence-electron chi connectivity index (χ4n) is 1.59. The number of H-pyrrole nitrogens is 1. The molecule has 0 aliphatic heterocycles. The number of nitrogens with zero attached hydrogens (tertiary/aromatic N) is 1. The largest absolute Gasteiger partial charge is 0.322 e. The highest BCUT2D eigenvalue weighted by Crippen LogP contribution is 2.25. The van der Waals surface area contributed by atoms with Crippen LogP contribution >= 0.6 is 0 Å². The second-order valence-electron chi connectivity index (χ2n) is 4.07. The first-order valence-corrected chi connectivity index (χ1v) is 4.98. The Kier molecular flexibility index (Phi) is 2.44. The van der Waals surface area contributed by atoms with Crippen LogP contribution in [-0.4, -0.2) is 10.2 Å². The molecule has 1 unspecified atom stereocenters. The minimum absolute atomic E-state index is 0.0968. The molecule has 3 N–H and O–H groups in total. The van der Waals surface area contributed by atoms with Crippen LogP contribution in [0.2, 0.25) is 0 Å². The van der Waals surface area contributed by atoms with E-state index in [0.717, 1.165) is 11.1 Å². The molecule has 80 valence electrons. The molecule has 4 heteroatoms. The van der Waals surface area contributed by atoms with E-state index in [1.165, 1.54) is 12.1 Å². The highest BCUT2D eigenvalue weighted by molar-refractivity contribution is 5.81. The van der Waals surface area contributed by atoms with Crippen LogP contribution in [0, 0.1) is 11.7 Å². The maximum atomic E-state index is 12.9. The van der Waals surface area contributed by atoms with Crippen molar-refractivity contribution in [2.75, 3.05) is 0 Å². The van der Waals surface area contributed by atoms with Gasteiger partial charge in [-0.1, -0.05) is 13.8 Å². The molecule has 1 aromatic heterocycles. The van der Waals surface area contributed by atoms with Gasteiger partial charge in [0.05, 0.1) is 11.2 Å². The molecule has 1 aromatic carbocycles. The number of halogens is 1. The van der Waals surface area contributed by atoms with E-state index in [1.54, 1.807) is 6.07 Å². The minimum Gasteiger partial charge on any atom is -0.322 e. The van der Waals surface area contributed by atoms with E-state index in [4.69, 9.17) is 5.73 Å². The SMILES string of the molecule is CC(C)C(N)c1[nH]nc2cc(F)ccc12. The molecule has 15 heavy (non-hydrogen) atoms. The van der Waals surface area contributed by atoms with Crippen LogP contribution in [0.25, 0.3) is 10.9 Å². The maximum Gasteiger partial charge on any atom is 0.125 e. The Morgan fingerprint density at radius 3 is 2.80 bits per heavy atom. The van der Waals surface area contributed by atoms with Gasteiger partial charge in [0.1, 0.15) is 5.82 Å². The number of aromatic amines is 1. The van der Waals surface area contributed by atoms with Crippen LogP contribution in [0.3, 0.4) is 0 Å². The predicted octanol–water partition coefficient (Wildman–Crippen LogP) is 2.36. The van der Waals surface area contributed by atoms with Gasteiger partial charge in [0, 0.05) is 17.5 Å². The fourth-order valence-corrected chi connectivity index (χ4v) is 1.59. The van der Waals surface area contributed by atoms with Gasteiger partial charge in [0.15, 0.2) is 0 Å². The Morgan fingerprint density at radius 1 is 1.40 bits per heavy atom. The van der Waals surface area contributed by atoms with E-state index in [9.17, 15) is 4.39 Å². The summed E-state index contributed by atoms with van der Waals surface area (Å²) in [5.74, 6) is 0.0392. The third kappa shape index (κ3) is 1.72. The summed E-state index contributed by atoms with van der Waals surface area (Å²) in [6.07, 6.45) is 0. The van der Waals surface area contributed by atoms with Crippen LogP contribution in [0.15, 0.2) is 18.2 Å². The smallest absolute Gasteiger partial charge is 0.125 e. The van der Waals surface area contributed by atoms with Crippen LogP contribution in [0.5, 0.6) is 0 Å². The number of rotatable bonds is 2. The molecule has 2 aromatic rings. The van der Waals surface area contributed by atoms with Gasteiger partial charge in [0.25, 0.3) is 0 Å². The summed E-state index contributed by atoms with van der Waals surface area (Å²) in [5, 5.41) is 7.82. The molecule has 0 aliphatic rings. The van der Waals surface area contributed by atoms with E-state index in [2.05, 4.69) is 10.2 Å². The second-order valence-corrected chi connectivity index (χ2v) is 4.07. The second kappa shape index (κ2) is 3.62. The zero-order valence-corrected chi connectivity index (χ0v) is 8.79. The van der Waals surface area contributed by atoms with Crippen molar-refractivity contribution in [2.24, 2.45) is 11.7 Å². The quantitative estimate of drug-likeness (QED) is 0.794. The van der Waals surface area contributed by atoms with Gasteiger partial charge in [-0.2, -0.15) is 5.10 Å². The molecule has 0 saturated carbocycles. The molecule has 0 fully saturated rings. The van der Waals surface area contributed by atoms with Crippen LogP contribution in [0.1, 0.15) is 25.6 Å². The van der Waals surface area contributed by atoms with E-state index >= 15 is 0 Å². The molecule has 0 saturated heterocycles. The average molecular weight is 207 g/mol. The number of benzene rings is 1. The zero-order valence-electron chi connectivity index (χ0n) is 8.79. The molecule has 3 nitrogen and oxygen atoms in total. The van der Waals surface area contributed by atoms with Crippen molar-refractivity contribution in [3.8, 4) is 0 Å². The van der Waals surface area contributed by atoms with Crippen molar-refractivity contribution in [1.82, 2.24) is 10.2 Å². The summed E-state index contributed by atoms with van der Waals surface area (Å²) in [5.41, 5.74) is 7.52. The predicted molar refractivity (Wildman–Crippen MR) is 57.8 cm³/mol. The van der Waals surface area contributed by atoms with Crippen molar-refractivity contribution >= 4 is 10.9 Å². The zero-order chi connectivity index (χ0) is 11.0. The van der Waals surface area contributed by atoms with Crippen molar-refractivity contribution in [2.45, 2.75) is 19.9 Å². The van der Waals surface area contributed by atoms with Gasteiger partial charge in [-0.05, 0) is 18.1 Å². The van der Waals surface area contributed by atoms with E-state index < -0.39 is 0 Å². The number of hydrogen-bond acceptors (Lipinski definition) is 2. The number of nitrogens with two attached hydrogens (primary N) is 1. The molecule has 1 heterocycles. The van der Waals surface area contributed by atoms with E-state index in [1.807, 2.05) is 13.8 Å². The third-order valence-electron chi connectivity index (χ3n) is 2.60. The summed E-state index contributed by atoms with van der Waals surface area (Å²) in [4.78, 5) is 0. The Balaban J connectivity index is 2.54. The van der Waals surface area contributed by atoms with Gasteiger partial charge in [-0.25, -0.2) is 4.39 Å². The average Bonchev–Trinajstić information content (AvgIpc) is 2.59. The van der Waals surface area contributed by atoms with Gasteiger partial charge in [-0.3, -0.25) is 5.10 Å². The van der Waals surface area contributed by atoms with Crippen LogP contribution < -0.4 is 5.73 Å². The lowest BCUT2D eigenvalue weighted by molar-refractivity contribution is 0.505. The van der Waals surface area contributed by atoms with Gasteiger partial charge in [-0.15, -0.1) is 0 Å². The molecule has 0 amide bonds. The van der Waals surface area contributed by atoms with Gasteiger partial charge in [0.2, 0.25) is 0 Å². The lowest BCUT2D eigenvalue weighted by Gasteiger charge is -2.13. The standard InChI is InChI=1S/C11H14FN3/c1-6(2)10(13)11-8-4-3-7(12)5-9(8)14-15-11/h3-6,10H,13H2,1-2H3,(H,14,15). The monoisotopic (exact) mass is 207 g/mol. The van der Waals surface area contributed by atoms with Crippen molar-refractivity contribution < 1.29 is 4.39 Å². The summed E-state index contributed by atoms with van der Waals surface area (Å²) in [6, 6.07) is 4.45. The molecule has 0 spiro atoms. The highest BCUT2D eigenvalue weighted by Gasteiger charge is 2.16. The van der Waals surface area contributed by atoms with Crippen molar-refractivity contribution in [3.63, 3.8) is 0 Å². The highest BCUT2D eigenvalue weighted by atomic mass is 19.1. The molecule has 0 aliphatic carbocycles. The Morgan fingerprint density at radius 2 is 2.13 bits per heavy atom. The first-order valence-electron chi connectivity index (χ1n) is 4.98. The summed E-state index contributed by atoms with van der Waals surface area (Å²) >= 11 is 0. The number of hydrogen-bond donors (Lipinski definition) is 2. The van der Waals surface area contributed by atoms with Crippen molar-refractivity contribution in [1.29, 1.82) is 0 Å². The summed E-state index contributed by atoms with van der Waals surface area (Å²) < 4.78 is 12.9. The molecular weight excluding hydrogens is 193 g/mol. The molecule has 1 atom stereocenters. The first-order chi connectivity index (χ1) is 7.09. The third-order valence-corrected chi connectivity index (χ3v) is 2.60. The Hall–Kier alpha value is -1.42.